The van der Waals surface area contributed by atoms with Crippen molar-refractivity contribution in [2.45, 2.75) is 20.0 Å². The summed E-state index contributed by atoms with van der Waals surface area (Å²) in [4.78, 5) is 13.3. The maximum Gasteiger partial charge on any atom is 0.337 e. The second-order valence-corrected chi connectivity index (χ2v) is 4.89. The molecule has 104 valence electrons. The van der Waals surface area contributed by atoms with Crippen LogP contribution in [-0.4, -0.2) is 32.4 Å². The monoisotopic (exact) mass is 273 g/mol. The number of nitrogens with zero attached hydrogens (tertiary/aromatic N) is 4. The molecule has 7 heteroatoms. The van der Waals surface area contributed by atoms with Gasteiger partial charge >= 0.3 is 5.97 Å². The van der Waals surface area contributed by atoms with Gasteiger partial charge in [-0.3, -0.25) is 0 Å². The molecule has 0 saturated heterocycles. The Morgan fingerprint density at radius 2 is 2.20 bits per heavy atom. The Hall–Kier alpha value is -2.57. The third-order valence-corrected chi connectivity index (χ3v) is 3.61. The summed E-state index contributed by atoms with van der Waals surface area (Å²) in [6, 6.07) is 3.53. The third-order valence-electron chi connectivity index (χ3n) is 3.61. The predicted molar refractivity (Wildman–Crippen MR) is 73.6 cm³/mol. The van der Waals surface area contributed by atoms with Gasteiger partial charge in [0, 0.05) is 24.5 Å². The number of fused-ring (bicyclic) bond motifs is 1. The van der Waals surface area contributed by atoms with Crippen LogP contribution in [0, 0.1) is 6.92 Å². The highest BCUT2D eigenvalue weighted by Gasteiger charge is 2.20. The van der Waals surface area contributed by atoms with Crippen molar-refractivity contribution >= 4 is 17.3 Å². The van der Waals surface area contributed by atoms with E-state index >= 15 is 0 Å². The minimum absolute atomic E-state index is 0.145. The summed E-state index contributed by atoms with van der Waals surface area (Å²) in [6.45, 7) is 4.00. The van der Waals surface area contributed by atoms with Gasteiger partial charge in [0.05, 0.1) is 12.1 Å². The molecule has 1 aliphatic rings. The van der Waals surface area contributed by atoms with Crippen molar-refractivity contribution in [1.82, 2.24) is 14.8 Å². The molecule has 3 rings (SSSR count). The number of carbonyl (C=O) groups is 1. The first-order valence-corrected chi connectivity index (χ1v) is 6.31. The second-order valence-electron chi connectivity index (χ2n) is 4.89. The average Bonchev–Trinajstić information content (AvgIpc) is 2.88. The number of rotatable bonds is 2. The Morgan fingerprint density at radius 3 is 2.95 bits per heavy atom. The van der Waals surface area contributed by atoms with Crippen molar-refractivity contribution in [2.75, 3.05) is 17.2 Å². The smallest absolute Gasteiger partial charge is 0.337 e. The molecule has 20 heavy (non-hydrogen) atoms. The highest BCUT2D eigenvalue weighted by atomic mass is 16.4. The van der Waals surface area contributed by atoms with Crippen molar-refractivity contribution in [3.63, 3.8) is 0 Å². The SMILES string of the molecule is Cc1cc(N2CCn3cnnc3C2)cc(C(=O)O)c1N. The fraction of sp³-hybridized carbons (Fsp3) is 0.308. The topological polar surface area (TPSA) is 97.3 Å². The molecule has 2 heterocycles. The van der Waals surface area contributed by atoms with Crippen LogP contribution in [0.2, 0.25) is 0 Å². The number of hydrogen-bond acceptors (Lipinski definition) is 5. The standard InChI is InChI=1S/C13H15N5O2/c1-8-4-9(5-10(12(8)14)13(19)20)17-2-3-18-7-15-16-11(18)6-17/h4-5,7H,2-3,6,14H2,1H3,(H,19,20). The number of hydrogen-bond donors (Lipinski definition) is 2. The van der Waals surface area contributed by atoms with Crippen molar-refractivity contribution < 1.29 is 9.90 Å². The maximum atomic E-state index is 11.2. The summed E-state index contributed by atoms with van der Waals surface area (Å²) in [7, 11) is 0. The van der Waals surface area contributed by atoms with Gasteiger partial charge in [0.1, 0.15) is 6.33 Å². The van der Waals surface area contributed by atoms with E-state index in [2.05, 4.69) is 15.1 Å². The zero-order chi connectivity index (χ0) is 14.3. The molecule has 1 aromatic carbocycles. The molecular weight excluding hydrogens is 258 g/mol. The lowest BCUT2D eigenvalue weighted by molar-refractivity contribution is 0.0698. The van der Waals surface area contributed by atoms with Crippen LogP contribution in [-0.2, 0) is 13.1 Å². The van der Waals surface area contributed by atoms with Crippen LogP contribution in [0.5, 0.6) is 0 Å². The lowest BCUT2D eigenvalue weighted by atomic mass is 10.1. The number of aromatic carboxylic acids is 1. The van der Waals surface area contributed by atoms with Gasteiger partial charge in [0.25, 0.3) is 0 Å². The highest BCUT2D eigenvalue weighted by Crippen LogP contribution is 2.27. The van der Waals surface area contributed by atoms with Gasteiger partial charge in [-0.1, -0.05) is 0 Å². The summed E-state index contributed by atoms with van der Waals surface area (Å²) in [5.74, 6) is -0.129. The van der Waals surface area contributed by atoms with Gasteiger partial charge in [-0.2, -0.15) is 0 Å². The predicted octanol–water partition coefficient (Wildman–Crippen LogP) is 0.887. The molecule has 0 aliphatic carbocycles. The second kappa shape index (κ2) is 4.52. The number of carboxylic acid groups (broad SMARTS) is 1. The molecule has 1 aromatic heterocycles. The fourth-order valence-corrected chi connectivity index (χ4v) is 2.43. The summed E-state index contributed by atoms with van der Waals surface area (Å²) in [5, 5.41) is 17.2. The van der Waals surface area contributed by atoms with Crippen LogP contribution in [0.4, 0.5) is 11.4 Å². The molecule has 0 radical (unpaired) electrons. The molecule has 2 aromatic rings. The van der Waals surface area contributed by atoms with Crippen molar-refractivity contribution in [1.29, 1.82) is 0 Å². The summed E-state index contributed by atoms with van der Waals surface area (Å²) >= 11 is 0. The highest BCUT2D eigenvalue weighted by molar-refractivity contribution is 5.95. The number of aromatic nitrogens is 3. The van der Waals surface area contributed by atoms with Crippen molar-refractivity contribution in [2.24, 2.45) is 0 Å². The van der Waals surface area contributed by atoms with Crippen LogP contribution >= 0.6 is 0 Å². The van der Waals surface area contributed by atoms with E-state index in [1.54, 1.807) is 12.4 Å². The van der Waals surface area contributed by atoms with E-state index in [0.717, 1.165) is 30.2 Å². The van der Waals surface area contributed by atoms with Crippen LogP contribution in [0.3, 0.4) is 0 Å². The van der Waals surface area contributed by atoms with Crippen molar-refractivity contribution in [3.8, 4) is 0 Å². The summed E-state index contributed by atoms with van der Waals surface area (Å²) in [5.41, 5.74) is 7.90. The molecule has 0 bridgehead atoms. The maximum absolute atomic E-state index is 11.2. The molecule has 0 saturated carbocycles. The lowest BCUT2D eigenvalue weighted by Crippen LogP contribution is -2.33. The van der Waals surface area contributed by atoms with Crippen LogP contribution < -0.4 is 10.6 Å². The van der Waals surface area contributed by atoms with Crippen LogP contribution in [0.15, 0.2) is 18.5 Å². The first kappa shape index (κ1) is 12.5. The zero-order valence-corrected chi connectivity index (χ0v) is 11.1. The largest absolute Gasteiger partial charge is 0.478 e. The molecule has 3 N–H and O–H groups in total. The Morgan fingerprint density at radius 1 is 1.40 bits per heavy atom. The van der Waals surface area contributed by atoms with Crippen molar-refractivity contribution in [3.05, 3.63) is 35.4 Å². The quantitative estimate of drug-likeness (QED) is 0.789. The average molecular weight is 273 g/mol. The lowest BCUT2D eigenvalue weighted by Gasteiger charge is -2.29. The van der Waals surface area contributed by atoms with E-state index in [4.69, 9.17) is 5.73 Å². The first-order valence-electron chi connectivity index (χ1n) is 6.31. The summed E-state index contributed by atoms with van der Waals surface area (Å²) < 4.78 is 2.00. The third kappa shape index (κ3) is 1.97. The van der Waals surface area contributed by atoms with E-state index in [9.17, 15) is 9.90 Å². The molecule has 7 nitrogen and oxygen atoms in total. The number of aryl methyl sites for hydroxylation is 1. The summed E-state index contributed by atoms with van der Waals surface area (Å²) in [6.07, 6.45) is 1.71. The van der Waals surface area contributed by atoms with Gasteiger partial charge in [-0.25, -0.2) is 4.79 Å². The molecule has 1 aliphatic heterocycles. The number of nitrogens with two attached hydrogens (primary N) is 1. The molecule has 0 fully saturated rings. The normalized spacial score (nSPS) is 14.2. The van der Waals surface area contributed by atoms with E-state index in [1.807, 2.05) is 17.6 Å². The number of nitrogen functional groups attached to an aromatic ring is 1. The first-order chi connectivity index (χ1) is 9.56. The van der Waals surface area contributed by atoms with Crippen LogP contribution in [0.25, 0.3) is 0 Å². The Labute approximate surface area is 115 Å². The number of carboxylic acids is 1. The minimum atomic E-state index is -1.01. The van der Waals surface area contributed by atoms with E-state index < -0.39 is 5.97 Å². The molecule has 0 unspecified atom stereocenters. The van der Waals surface area contributed by atoms with Gasteiger partial charge < -0.3 is 20.3 Å². The molecule has 0 spiro atoms. The number of benzene rings is 1. The van der Waals surface area contributed by atoms with Gasteiger partial charge in [-0.05, 0) is 24.6 Å². The Kier molecular flexibility index (Phi) is 2.81. The van der Waals surface area contributed by atoms with E-state index in [0.29, 0.717) is 12.2 Å². The van der Waals surface area contributed by atoms with Gasteiger partial charge in [0.15, 0.2) is 5.82 Å². The number of anilines is 2. The van der Waals surface area contributed by atoms with Crippen LogP contribution in [0.1, 0.15) is 21.7 Å². The molecular formula is C13H15N5O2. The zero-order valence-electron chi connectivity index (χ0n) is 11.1. The van der Waals surface area contributed by atoms with Gasteiger partial charge in [-0.15, -0.1) is 10.2 Å². The Bertz CT molecular complexity index is 679. The fourth-order valence-electron chi connectivity index (χ4n) is 2.43. The van der Waals surface area contributed by atoms with E-state index in [1.165, 1.54) is 0 Å². The molecule has 0 amide bonds. The minimum Gasteiger partial charge on any atom is -0.478 e. The Balaban J connectivity index is 1.97. The van der Waals surface area contributed by atoms with E-state index in [-0.39, 0.29) is 5.56 Å². The van der Waals surface area contributed by atoms with Gasteiger partial charge in [0.2, 0.25) is 0 Å². The molecule has 0 atom stereocenters.